The molecule has 34 heavy (non-hydrogen) atoms. The van der Waals surface area contributed by atoms with Crippen LogP contribution in [0.2, 0.25) is 0 Å². The Labute approximate surface area is 198 Å². The highest BCUT2D eigenvalue weighted by atomic mass is 16.5. The summed E-state index contributed by atoms with van der Waals surface area (Å²) in [5, 5.41) is 5.26. The molecule has 8 heteroatoms. The summed E-state index contributed by atoms with van der Waals surface area (Å²) in [6.45, 7) is 3.37. The fourth-order valence-corrected chi connectivity index (χ4v) is 3.61. The fourth-order valence-electron chi connectivity index (χ4n) is 3.61. The van der Waals surface area contributed by atoms with Crippen molar-refractivity contribution in [2.75, 3.05) is 34.4 Å². The average molecular weight is 461 g/mol. The summed E-state index contributed by atoms with van der Waals surface area (Å²) in [7, 11) is 5.00. The van der Waals surface area contributed by atoms with E-state index >= 15 is 0 Å². The number of methoxy groups -OCH3 is 2. The number of rotatable bonds is 9. The molecule has 0 spiro atoms. The lowest BCUT2D eigenvalue weighted by molar-refractivity contribution is 0.0773. The van der Waals surface area contributed by atoms with Gasteiger partial charge < -0.3 is 19.1 Å². The first-order valence-corrected chi connectivity index (χ1v) is 11.0. The number of hydrogen-bond donors (Lipinski definition) is 0. The number of fused-ring (bicyclic) bond motifs is 1. The molecule has 1 amide bonds. The van der Waals surface area contributed by atoms with E-state index in [-0.39, 0.29) is 5.91 Å². The van der Waals surface area contributed by atoms with Gasteiger partial charge in [-0.25, -0.2) is 9.67 Å². The van der Waals surface area contributed by atoms with E-state index < -0.39 is 0 Å². The highest BCUT2D eigenvalue weighted by Crippen LogP contribution is 2.26. The Hall–Kier alpha value is -4.07. The van der Waals surface area contributed by atoms with Crippen LogP contribution >= 0.6 is 0 Å². The lowest BCUT2D eigenvalue weighted by Crippen LogP contribution is -2.31. The second-order valence-electron chi connectivity index (χ2n) is 8.01. The summed E-state index contributed by atoms with van der Waals surface area (Å²) in [6.07, 6.45) is 3.31. The molecule has 0 aliphatic carbocycles. The molecule has 0 saturated carbocycles. The van der Waals surface area contributed by atoms with E-state index in [0.717, 1.165) is 22.4 Å². The topological polar surface area (TPSA) is 78.7 Å². The summed E-state index contributed by atoms with van der Waals surface area (Å²) < 4.78 is 18.3. The quantitative estimate of drug-likeness (QED) is 0.376. The highest BCUT2D eigenvalue weighted by molar-refractivity contribution is 5.96. The highest BCUT2D eigenvalue weighted by Gasteiger charge is 2.15. The van der Waals surface area contributed by atoms with Crippen molar-refractivity contribution < 1.29 is 19.0 Å². The van der Waals surface area contributed by atoms with Gasteiger partial charge in [0.25, 0.3) is 5.91 Å². The standard InChI is InChI=1S/C26H28N4O4/c1-18-5-8-22(9-6-18)34-12-11-29(2)26(31)21-13-20-16-28-30(25(20)27-15-21)17-19-7-10-23(32-3)14-24(19)33-4/h5-10,13-16H,11-12,17H2,1-4H3. The van der Waals surface area contributed by atoms with Gasteiger partial charge >= 0.3 is 0 Å². The Bertz CT molecular complexity index is 1280. The zero-order valence-corrected chi connectivity index (χ0v) is 19.8. The van der Waals surface area contributed by atoms with Crippen LogP contribution < -0.4 is 14.2 Å². The summed E-state index contributed by atoms with van der Waals surface area (Å²) in [5.41, 5.74) is 3.32. The second-order valence-corrected chi connectivity index (χ2v) is 8.01. The number of carbonyl (C=O) groups excluding carboxylic acids is 1. The van der Waals surface area contributed by atoms with E-state index in [1.807, 2.05) is 55.5 Å². The monoisotopic (exact) mass is 460 g/mol. The van der Waals surface area contributed by atoms with Crippen molar-refractivity contribution in [1.82, 2.24) is 19.7 Å². The van der Waals surface area contributed by atoms with Crippen LogP contribution in [0.1, 0.15) is 21.5 Å². The summed E-state index contributed by atoms with van der Waals surface area (Å²) in [5.74, 6) is 2.10. The van der Waals surface area contributed by atoms with Crippen molar-refractivity contribution in [2.24, 2.45) is 0 Å². The molecule has 0 atom stereocenters. The van der Waals surface area contributed by atoms with Gasteiger partial charge in [-0.2, -0.15) is 5.10 Å². The van der Waals surface area contributed by atoms with Crippen LogP contribution in [-0.4, -0.2) is 60.0 Å². The molecule has 176 valence electrons. The fraction of sp³-hybridized carbons (Fsp3) is 0.269. The number of aryl methyl sites for hydroxylation is 1. The summed E-state index contributed by atoms with van der Waals surface area (Å²) in [4.78, 5) is 19.0. The predicted molar refractivity (Wildman–Crippen MR) is 130 cm³/mol. The average Bonchev–Trinajstić information content (AvgIpc) is 3.26. The first-order valence-electron chi connectivity index (χ1n) is 11.0. The van der Waals surface area contributed by atoms with Gasteiger partial charge in [-0.1, -0.05) is 17.7 Å². The van der Waals surface area contributed by atoms with Crippen LogP contribution in [0.5, 0.6) is 17.2 Å². The van der Waals surface area contributed by atoms with Gasteiger partial charge in [0, 0.05) is 30.3 Å². The smallest absolute Gasteiger partial charge is 0.255 e. The normalized spacial score (nSPS) is 10.8. The van der Waals surface area contributed by atoms with E-state index in [1.165, 1.54) is 5.56 Å². The molecule has 0 unspecified atom stereocenters. The Morgan fingerprint density at radius 1 is 1.00 bits per heavy atom. The number of carbonyl (C=O) groups is 1. The molecular weight excluding hydrogens is 432 g/mol. The number of likely N-dealkylation sites (N-methyl/N-ethyl adjacent to an activating group) is 1. The van der Waals surface area contributed by atoms with E-state index in [4.69, 9.17) is 14.2 Å². The minimum Gasteiger partial charge on any atom is -0.497 e. The molecule has 0 radical (unpaired) electrons. The van der Waals surface area contributed by atoms with Crippen molar-refractivity contribution in [3.8, 4) is 17.2 Å². The molecule has 2 heterocycles. The maximum absolute atomic E-state index is 12.9. The molecule has 0 fully saturated rings. The third kappa shape index (κ3) is 5.11. The van der Waals surface area contributed by atoms with Crippen molar-refractivity contribution in [1.29, 1.82) is 0 Å². The Balaban J connectivity index is 1.42. The molecule has 0 aliphatic rings. The molecule has 4 rings (SSSR count). The Morgan fingerprint density at radius 2 is 1.76 bits per heavy atom. The van der Waals surface area contributed by atoms with Gasteiger partial charge in [0.05, 0.1) is 39.1 Å². The third-order valence-electron chi connectivity index (χ3n) is 5.60. The molecule has 8 nitrogen and oxygen atoms in total. The molecule has 2 aromatic carbocycles. The van der Waals surface area contributed by atoms with Gasteiger partial charge in [0.1, 0.15) is 23.9 Å². The zero-order chi connectivity index (χ0) is 24.1. The number of ether oxygens (including phenoxy) is 3. The van der Waals surface area contributed by atoms with Crippen molar-refractivity contribution in [3.05, 3.63) is 77.6 Å². The molecule has 0 bridgehead atoms. The minimum absolute atomic E-state index is 0.119. The number of amides is 1. The molecule has 4 aromatic rings. The molecule has 2 aromatic heterocycles. The van der Waals surface area contributed by atoms with Crippen LogP contribution in [0.25, 0.3) is 11.0 Å². The minimum atomic E-state index is -0.119. The first-order chi connectivity index (χ1) is 16.5. The lowest BCUT2D eigenvalue weighted by Gasteiger charge is -2.17. The SMILES string of the molecule is COc1ccc(Cn2ncc3cc(C(=O)N(C)CCOc4ccc(C)cc4)cnc32)c(OC)c1. The maximum atomic E-state index is 12.9. The molecule has 0 N–H and O–H groups in total. The first kappa shape index (κ1) is 23.1. The number of aromatic nitrogens is 3. The number of nitrogens with zero attached hydrogens (tertiary/aromatic N) is 4. The van der Waals surface area contributed by atoms with Gasteiger partial charge in [-0.05, 0) is 37.3 Å². The van der Waals surface area contributed by atoms with E-state index in [9.17, 15) is 4.79 Å². The number of benzene rings is 2. The molecular formula is C26H28N4O4. The molecule has 0 aliphatic heterocycles. The van der Waals surface area contributed by atoms with Crippen LogP contribution in [0.15, 0.2) is 60.9 Å². The van der Waals surface area contributed by atoms with Gasteiger partial charge in [0.2, 0.25) is 0 Å². The van der Waals surface area contributed by atoms with Crippen LogP contribution in [0.4, 0.5) is 0 Å². The van der Waals surface area contributed by atoms with Gasteiger partial charge in [-0.3, -0.25) is 4.79 Å². The van der Waals surface area contributed by atoms with Gasteiger partial charge in [-0.15, -0.1) is 0 Å². The Kier molecular flexibility index (Phi) is 6.96. The second kappa shape index (κ2) is 10.2. The van der Waals surface area contributed by atoms with E-state index in [2.05, 4.69) is 10.1 Å². The number of hydrogen-bond acceptors (Lipinski definition) is 6. The summed E-state index contributed by atoms with van der Waals surface area (Å²) >= 11 is 0. The summed E-state index contributed by atoms with van der Waals surface area (Å²) in [6, 6.07) is 15.3. The molecule has 0 saturated heterocycles. The van der Waals surface area contributed by atoms with Crippen LogP contribution in [0, 0.1) is 6.92 Å². The third-order valence-corrected chi connectivity index (χ3v) is 5.60. The van der Waals surface area contributed by atoms with Crippen LogP contribution in [0.3, 0.4) is 0 Å². The zero-order valence-electron chi connectivity index (χ0n) is 19.8. The predicted octanol–water partition coefficient (Wildman–Crippen LogP) is 3.96. The van der Waals surface area contributed by atoms with Crippen LogP contribution in [-0.2, 0) is 6.54 Å². The Morgan fingerprint density at radius 3 is 2.50 bits per heavy atom. The maximum Gasteiger partial charge on any atom is 0.255 e. The van der Waals surface area contributed by atoms with Crippen molar-refractivity contribution >= 4 is 16.9 Å². The van der Waals surface area contributed by atoms with Crippen molar-refractivity contribution in [3.63, 3.8) is 0 Å². The largest absolute Gasteiger partial charge is 0.497 e. The van der Waals surface area contributed by atoms with Gasteiger partial charge in [0.15, 0.2) is 5.65 Å². The number of pyridine rings is 1. The van der Waals surface area contributed by atoms with E-state index in [1.54, 1.807) is 43.2 Å². The lowest BCUT2D eigenvalue weighted by atomic mass is 10.2. The van der Waals surface area contributed by atoms with Crippen molar-refractivity contribution in [2.45, 2.75) is 13.5 Å². The van der Waals surface area contributed by atoms with E-state index in [0.29, 0.717) is 36.7 Å².